The molecule has 1 aromatic rings. The monoisotopic (exact) mass is 193 g/mol. The molecule has 0 fully saturated rings. The van der Waals surface area contributed by atoms with Crippen LogP contribution in [-0.4, -0.2) is 18.2 Å². The molecule has 1 heterocycles. The molecule has 0 saturated heterocycles. The van der Waals surface area contributed by atoms with E-state index in [1.807, 2.05) is 0 Å². The summed E-state index contributed by atoms with van der Waals surface area (Å²) in [6.45, 7) is 0.270. The molecule has 4 heteroatoms. The number of carbonyl (C=O) groups is 2. The smallest absolute Gasteiger partial charge is 0.255 e. The van der Waals surface area contributed by atoms with Crippen LogP contribution in [0.15, 0.2) is 18.2 Å². The van der Waals surface area contributed by atoms with Crippen molar-refractivity contribution in [3.8, 4) is 0 Å². The van der Waals surface area contributed by atoms with Crippen molar-refractivity contribution in [2.24, 2.45) is 0 Å². The lowest BCUT2D eigenvalue weighted by atomic mass is 10.0. The largest absolute Gasteiger partial charge is 0.351 e. The van der Waals surface area contributed by atoms with Crippen LogP contribution in [0.2, 0.25) is 0 Å². The zero-order chi connectivity index (χ0) is 10.1. The molecule has 0 aromatic heterocycles. The van der Waals surface area contributed by atoms with Gasteiger partial charge in [0.2, 0.25) is 0 Å². The van der Waals surface area contributed by atoms with Gasteiger partial charge in [-0.3, -0.25) is 9.59 Å². The van der Waals surface area contributed by atoms with Crippen LogP contribution in [0.25, 0.3) is 0 Å². The molecule has 72 valence electrons. The SMILES string of the molecule is O=C1CCNC(=O)c2c(F)cccc21. The van der Waals surface area contributed by atoms with Crippen molar-refractivity contribution in [3.05, 3.63) is 35.1 Å². The second-order valence-corrected chi connectivity index (χ2v) is 3.09. The van der Waals surface area contributed by atoms with Gasteiger partial charge in [-0.25, -0.2) is 4.39 Å². The number of ketones is 1. The first-order valence-electron chi connectivity index (χ1n) is 4.30. The Kier molecular flexibility index (Phi) is 2.04. The summed E-state index contributed by atoms with van der Waals surface area (Å²) in [7, 11) is 0. The molecule has 1 aromatic carbocycles. The zero-order valence-electron chi connectivity index (χ0n) is 7.34. The van der Waals surface area contributed by atoms with Gasteiger partial charge in [0.05, 0.1) is 5.56 Å². The molecule has 0 aliphatic carbocycles. The highest BCUT2D eigenvalue weighted by atomic mass is 19.1. The highest BCUT2D eigenvalue weighted by Gasteiger charge is 2.23. The van der Waals surface area contributed by atoms with Crippen LogP contribution in [0.3, 0.4) is 0 Å². The van der Waals surface area contributed by atoms with E-state index in [9.17, 15) is 14.0 Å². The predicted molar refractivity (Wildman–Crippen MR) is 47.7 cm³/mol. The predicted octanol–water partition coefficient (Wildman–Crippen LogP) is 1.14. The minimum Gasteiger partial charge on any atom is -0.351 e. The lowest BCUT2D eigenvalue weighted by Gasteiger charge is -2.03. The molecular formula is C10H8FNO2. The van der Waals surface area contributed by atoms with Gasteiger partial charge in [0.25, 0.3) is 5.91 Å². The number of halogens is 1. The summed E-state index contributed by atoms with van der Waals surface area (Å²) in [6, 6.07) is 4.09. The third kappa shape index (κ3) is 1.28. The number of amides is 1. The number of hydrogen-bond donors (Lipinski definition) is 1. The number of fused-ring (bicyclic) bond motifs is 1. The van der Waals surface area contributed by atoms with Crippen LogP contribution in [0, 0.1) is 5.82 Å². The lowest BCUT2D eigenvalue weighted by Crippen LogP contribution is -2.23. The van der Waals surface area contributed by atoms with Crippen molar-refractivity contribution >= 4 is 11.7 Å². The quantitative estimate of drug-likeness (QED) is 0.671. The van der Waals surface area contributed by atoms with E-state index in [-0.39, 0.29) is 29.9 Å². The Balaban J connectivity index is 2.65. The van der Waals surface area contributed by atoms with Crippen LogP contribution in [-0.2, 0) is 0 Å². The van der Waals surface area contributed by atoms with Gasteiger partial charge in [-0.1, -0.05) is 12.1 Å². The average Bonchev–Trinajstić information content (AvgIpc) is 2.29. The van der Waals surface area contributed by atoms with Gasteiger partial charge in [0, 0.05) is 18.5 Å². The van der Waals surface area contributed by atoms with Crippen LogP contribution in [0.1, 0.15) is 27.1 Å². The number of benzene rings is 1. The molecule has 3 nitrogen and oxygen atoms in total. The van der Waals surface area contributed by atoms with Gasteiger partial charge in [0.15, 0.2) is 5.78 Å². The fraction of sp³-hybridized carbons (Fsp3) is 0.200. The maximum absolute atomic E-state index is 13.3. The number of nitrogens with one attached hydrogen (secondary N) is 1. The fourth-order valence-electron chi connectivity index (χ4n) is 1.50. The van der Waals surface area contributed by atoms with Crippen LogP contribution < -0.4 is 5.32 Å². The van der Waals surface area contributed by atoms with Crippen molar-refractivity contribution < 1.29 is 14.0 Å². The van der Waals surface area contributed by atoms with Crippen LogP contribution in [0.4, 0.5) is 4.39 Å². The third-order valence-electron chi connectivity index (χ3n) is 2.18. The van der Waals surface area contributed by atoms with Gasteiger partial charge < -0.3 is 5.32 Å². The van der Waals surface area contributed by atoms with Gasteiger partial charge in [-0.2, -0.15) is 0 Å². The van der Waals surface area contributed by atoms with Gasteiger partial charge in [-0.15, -0.1) is 0 Å². The number of rotatable bonds is 0. The van der Waals surface area contributed by atoms with Crippen molar-refractivity contribution in [3.63, 3.8) is 0 Å². The molecule has 1 amide bonds. The van der Waals surface area contributed by atoms with E-state index in [0.717, 1.165) is 0 Å². The number of Topliss-reactive ketones (excluding diaryl/α,β-unsaturated/α-hetero) is 1. The third-order valence-corrected chi connectivity index (χ3v) is 2.18. The van der Waals surface area contributed by atoms with E-state index in [1.54, 1.807) is 0 Å². The van der Waals surface area contributed by atoms with Crippen molar-refractivity contribution in [1.29, 1.82) is 0 Å². The van der Waals surface area contributed by atoms with E-state index in [2.05, 4.69) is 5.32 Å². The van der Waals surface area contributed by atoms with E-state index in [4.69, 9.17) is 0 Å². The molecule has 0 bridgehead atoms. The van der Waals surface area contributed by atoms with Crippen molar-refractivity contribution in [2.75, 3.05) is 6.54 Å². The molecule has 1 aliphatic rings. The Morgan fingerprint density at radius 2 is 2.07 bits per heavy atom. The van der Waals surface area contributed by atoms with Crippen molar-refractivity contribution in [2.45, 2.75) is 6.42 Å². The first kappa shape index (κ1) is 8.87. The Bertz CT molecular complexity index is 415. The zero-order valence-corrected chi connectivity index (χ0v) is 7.34. The summed E-state index contributed by atoms with van der Waals surface area (Å²) in [5.41, 5.74) is 0.0509. The summed E-state index contributed by atoms with van der Waals surface area (Å²) in [5, 5.41) is 2.47. The number of hydrogen-bond acceptors (Lipinski definition) is 2. The molecule has 0 atom stereocenters. The molecule has 1 N–H and O–H groups in total. The van der Waals surface area contributed by atoms with Gasteiger partial charge in [0.1, 0.15) is 5.82 Å². The number of carbonyl (C=O) groups excluding carboxylic acids is 2. The Labute approximate surface area is 79.9 Å². The highest BCUT2D eigenvalue weighted by Crippen LogP contribution is 2.17. The first-order valence-corrected chi connectivity index (χ1v) is 4.30. The summed E-state index contributed by atoms with van der Waals surface area (Å²) in [6.07, 6.45) is 0.224. The molecular weight excluding hydrogens is 185 g/mol. The maximum atomic E-state index is 13.3. The summed E-state index contributed by atoms with van der Waals surface area (Å²) < 4.78 is 13.3. The van der Waals surface area contributed by atoms with Gasteiger partial charge in [-0.05, 0) is 6.07 Å². The Hall–Kier alpha value is -1.71. The molecule has 14 heavy (non-hydrogen) atoms. The standard InChI is InChI=1S/C10H8FNO2/c11-7-3-1-2-6-8(13)4-5-12-10(14)9(6)7/h1-3H,4-5H2,(H,12,14). The lowest BCUT2D eigenvalue weighted by molar-refractivity contribution is 0.0952. The molecule has 0 spiro atoms. The average molecular weight is 193 g/mol. The summed E-state index contributed by atoms with van der Waals surface area (Å²) in [4.78, 5) is 22.8. The normalized spacial score (nSPS) is 15.8. The Morgan fingerprint density at radius 1 is 1.29 bits per heavy atom. The molecule has 0 saturated carbocycles. The Morgan fingerprint density at radius 3 is 2.86 bits per heavy atom. The minimum absolute atomic E-state index is 0.130. The van der Waals surface area contributed by atoms with Gasteiger partial charge >= 0.3 is 0 Å². The molecule has 2 rings (SSSR count). The second kappa shape index (κ2) is 3.21. The highest BCUT2D eigenvalue weighted by molar-refractivity contribution is 6.09. The van der Waals surface area contributed by atoms with E-state index in [1.165, 1.54) is 18.2 Å². The van der Waals surface area contributed by atoms with E-state index in [0.29, 0.717) is 0 Å². The summed E-state index contributed by atoms with van der Waals surface area (Å²) >= 11 is 0. The fourth-order valence-corrected chi connectivity index (χ4v) is 1.50. The van der Waals surface area contributed by atoms with Crippen molar-refractivity contribution in [1.82, 2.24) is 5.32 Å². The molecule has 1 aliphatic heterocycles. The van der Waals surface area contributed by atoms with E-state index < -0.39 is 11.7 Å². The molecule has 0 unspecified atom stereocenters. The minimum atomic E-state index is -0.643. The maximum Gasteiger partial charge on any atom is 0.255 e. The van der Waals surface area contributed by atoms with Crippen LogP contribution >= 0.6 is 0 Å². The second-order valence-electron chi connectivity index (χ2n) is 3.09. The van der Waals surface area contributed by atoms with Crippen LogP contribution in [0.5, 0.6) is 0 Å². The van der Waals surface area contributed by atoms with E-state index >= 15 is 0 Å². The summed E-state index contributed by atoms with van der Waals surface area (Å²) in [5.74, 6) is -1.35. The molecule has 0 radical (unpaired) electrons. The first-order chi connectivity index (χ1) is 6.70. The topological polar surface area (TPSA) is 46.2 Å².